The molecule has 0 atom stereocenters. The summed E-state index contributed by atoms with van der Waals surface area (Å²) in [5.74, 6) is 0.555. The van der Waals surface area contributed by atoms with Crippen LogP contribution in [0.5, 0.6) is 0 Å². The van der Waals surface area contributed by atoms with E-state index in [1.54, 1.807) is 14.1 Å². The maximum atomic E-state index is 13.3. The second kappa shape index (κ2) is 13.4. The number of rotatable bonds is 9. The first kappa shape index (κ1) is 26.9. The Balaban J connectivity index is 1.39. The molecule has 0 spiro atoms. The first-order chi connectivity index (χ1) is 18.0. The maximum absolute atomic E-state index is 13.3. The first-order valence-electron chi connectivity index (χ1n) is 13.5. The zero-order chi connectivity index (χ0) is 26.0. The Bertz CT molecular complexity index is 1020. The second-order valence-corrected chi connectivity index (χ2v) is 10.2. The van der Waals surface area contributed by atoms with Crippen molar-refractivity contribution in [3.63, 3.8) is 0 Å². The average molecular weight is 508 g/mol. The van der Waals surface area contributed by atoms with E-state index >= 15 is 0 Å². The van der Waals surface area contributed by atoms with Gasteiger partial charge in [0.1, 0.15) is 0 Å². The van der Waals surface area contributed by atoms with Crippen LogP contribution in [0.2, 0.25) is 0 Å². The van der Waals surface area contributed by atoms with Crippen molar-refractivity contribution < 1.29 is 14.3 Å². The Hall–Kier alpha value is -3.10. The van der Waals surface area contributed by atoms with Crippen molar-refractivity contribution >= 4 is 23.3 Å². The van der Waals surface area contributed by atoms with Gasteiger partial charge in [-0.15, -0.1) is 0 Å². The van der Waals surface area contributed by atoms with Crippen LogP contribution in [0.25, 0.3) is 0 Å². The molecule has 2 N–H and O–H groups in total. The highest BCUT2D eigenvalue weighted by Crippen LogP contribution is 2.30. The van der Waals surface area contributed by atoms with Gasteiger partial charge in [-0.3, -0.25) is 9.69 Å². The summed E-state index contributed by atoms with van der Waals surface area (Å²) in [6, 6.07) is 16.1. The lowest BCUT2D eigenvalue weighted by Gasteiger charge is -2.35. The van der Waals surface area contributed by atoms with Gasteiger partial charge < -0.3 is 25.2 Å². The molecular formula is C29H41N5O3. The Morgan fingerprint density at radius 2 is 1.73 bits per heavy atom. The van der Waals surface area contributed by atoms with Gasteiger partial charge in [0.25, 0.3) is 5.91 Å². The van der Waals surface area contributed by atoms with E-state index in [0.717, 1.165) is 77.3 Å². The van der Waals surface area contributed by atoms with Crippen molar-refractivity contribution in [3.8, 4) is 0 Å². The molecule has 2 aliphatic rings. The number of amides is 3. The van der Waals surface area contributed by atoms with Gasteiger partial charge in [0.05, 0.1) is 18.8 Å². The molecule has 0 radical (unpaired) electrons. The summed E-state index contributed by atoms with van der Waals surface area (Å²) in [6.07, 6.45) is 4.17. The summed E-state index contributed by atoms with van der Waals surface area (Å²) >= 11 is 0. The van der Waals surface area contributed by atoms with Crippen LogP contribution in [0.3, 0.4) is 0 Å². The van der Waals surface area contributed by atoms with Crippen LogP contribution in [0.4, 0.5) is 16.2 Å². The summed E-state index contributed by atoms with van der Waals surface area (Å²) in [5, 5.41) is 6.00. The number of hydrogen-bond acceptors (Lipinski definition) is 5. The number of piperidine rings is 1. The molecule has 4 rings (SSSR count). The van der Waals surface area contributed by atoms with Crippen LogP contribution in [0.15, 0.2) is 48.5 Å². The molecule has 0 aromatic heterocycles. The van der Waals surface area contributed by atoms with E-state index in [0.29, 0.717) is 23.7 Å². The number of ether oxygens (including phenoxy) is 1. The van der Waals surface area contributed by atoms with E-state index in [9.17, 15) is 9.59 Å². The molecule has 200 valence electrons. The Morgan fingerprint density at radius 1 is 1.00 bits per heavy atom. The molecule has 8 nitrogen and oxygen atoms in total. The van der Waals surface area contributed by atoms with Crippen LogP contribution < -0.4 is 15.5 Å². The molecule has 2 fully saturated rings. The summed E-state index contributed by atoms with van der Waals surface area (Å²) in [6.45, 7) is 6.86. The molecule has 2 aromatic carbocycles. The van der Waals surface area contributed by atoms with E-state index in [1.807, 2.05) is 18.2 Å². The van der Waals surface area contributed by atoms with Crippen molar-refractivity contribution in [2.24, 2.45) is 5.92 Å². The Kier molecular flexibility index (Phi) is 9.79. The fourth-order valence-corrected chi connectivity index (χ4v) is 5.06. The number of morpholine rings is 1. The molecule has 2 aliphatic heterocycles. The summed E-state index contributed by atoms with van der Waals surface area (Å²) in [5.41, 5.74) is 3.56. The monoisotopic (exact) mass is 507 g/mol. The van der Waals surface area contributed by atoms with Gasteiger partial charge in [0, 0.05) is 58.2 Å². The van der Waals surface area contributed by atoms with Gasteiger partial charge >= 0.3 is 6.03 Å². The predicted octanol–water partition coefficient (Wildman–Crippen LogP) is 3.69. The fraction of sp³-hybridized carbons (Fsp3) is 0.517. The number of hydrogen-bond donors (Lipinski definition) is 2. The topological polar surface area (TPSA) is 77.2 Å². The molecule has 2 saturated heterocycles. The van der Waals surface area contributed by atoms with Gasteiger partial charge in [-0.05, 0) is 61.9 Å². The molecule has 2 heterocycles. The fourth-order valence-electron chi connectivity index (χ4n) is 5.06. The number of nitrogens with zero attached hydrogens (tertiary/aromatic N) is 3. The highest BCUT2D eigenvalue weighted by molar-refractivity contribution is 6.02. The van der Waals surface area contributed by atoms with Crippen LogP contribution >= 0.6 is 0 Å². The minimum atomic E-state index is -0.216. The van der Waals surface area contributed by atoms with E-state index in [1.165, 1.54) is 10.5 Å². The first-order valence-corrected chi connectivity index (χ1v) is 13.5. The van der Waals surface area contributed by atoms with Gasteiger partial charge in [-0.1, -0.05) is 30.3 Å². The Labute approximate surface area is 220 Å². The number of benzene rings is 2. The van der Waals surface area contributed by atoms with Crippen LogP contribution in [0.1, 0.15) is 35.2 Å². The molecule has 3 amide bonds. The zero-order valence-corrected chi connectivity index (χ0v) is 22.2. The van der Waals surface area contributed by atoms with E-state index in [-0.39, 0.29) is 11.9 Å². The molecule has 0 aliphatic carbocycles. The number of urea groups is 1. The predicted molar refractivity (Wildman–Crippen MR) is 148 cm³/mol. The van der Waals surface area contributed by atoms with Crippen LogP contribution in [0, 0.1) is 5.92 Å². The molecule has 2 aromatic rings. The highest BCUT2D eigenvalue weighted by atomic mass is 16.5. The van der Waals surface area contributed by atoms with Crippen molar-refractivity contribution in [3.05, 3.63) is 59.7 Å². The lowest BCUT2D eigenvalue weighted by molar-refractivity contribution is 0.0374. The number of nitrogens with one attached hydrogen (secondary N) is 2. The number of carbonyl (C=O) groups excluding carboxylic acids is 2. The summed E-state index contributed by atoms with van der Waals surface area (Å²) in [4.78, 5) is 31.7. The minimum Gasteiger partial charge on any atom is -0.379 e. The smallest absolute Gasteiger partial charge is 0.321 e. The zero-order valence-electron chi connectivity index (χ0n) is 22.2. The number of carbonyl (C=O) groups is 2. The largest absolute Gasteiger partial charge is 0.379 e. The van der Waals surface area contributed by atoms with E-state index < -0.39 is 0 Å². The standard InChI is InChI=1S/C29H41N5O3/c1-32(2)29(36)31-25-9-10-27(34-15-11-24(12-16-34)21-23-7-4-3-5-8-23)26(22-25)28(35)30-13-6-14-33-17-19-37-20-18-33/h3-5,7-10,22,24H,6,11-21H2,1-2H3,(H,30,35)(H,31,36). The molecule has 0 unspecified atom stereocenters. The molecule has 0 saturated carbocycles. The normalized spacial score (nSPS) is 16.9. The minimum absolute atomic E-state index is 0.0932. The van der Waals surface area contributed by atoms with Crippen molar-refractivity contribution in [1.82, 2.24) is 15.1 Å². The second-order valence-electron chi connectivity index (χ2n) is 10.2. The Morgan fingerprint density at radius 3 is 2.43 bits per heavy atom. The SMILES string of the molecule is CN(C)C(=O)Nc1ccc(N2CCC(Cc3ccccc3)CC2)c(C(=O)NCCCN2CCOCC2)c1. The molecule has 8 heteroatoms. The molecular weight excluding hydrogens is 466 g/mol. The third kappa shape index (κ3) is 7.94. The van der Waals surface area contributed by atoms with Crippen LogP contribution in [-0.2, 0) is 11.2 Å². The van der Waals surface area contributed by atoms with E-state index in [2.05, 4.69) is 50.8 Å². The number of anilines is 2. The lowest BCUT2D eigenvalue weighted by atomic mass is 9.89. The van der Waals surface area contributed by atoms with Crippen LogP contribution in [-0.4, -0.2) is 88.3 Å². The van der Waals surface area contributed by atoms with Gasteiger partial charge in [0.2, 0.25) is 0 Å². The van der Waals surface area contributed by atoms with Gasteiger partial charge in [0.15, 0.2) is 0 Å². The van der Waals surface area contributed by atoms with Crippen molar-refractivity contribution in [2.75, 3.05) is 76.8 Å². The molecule has 0 bridgehead atoms. The summed E-state index contributed by atoms with van der Waals surface area (Å²) in [7, 11) is 3.40. The van der Waals surface area contributed by atoms with Crippen molar-refractivity contribution in [2.45, 2.75) is 25.7 Å². The third-order valence-electron chi connectivity index (χ3n) is 7.26. The van der Waals surface area contributed by atoms with Crippen molar-refractivity contribution in [1.29, 1.82) is 0 Å². The average Bonchev–Trinajstić information content (AvgIpc) is 2.92. The molecule has 37 heavy (non-hydrogen) atoms. The van der Waals surface area contributed by atoms with Gasteiger partial charge in [-0.2, -0.15) is 0 Å². The van der Waals surface area contributed by atoms with Gasteiger partial charge in [-0.25, -0.2) is 4.79 Å². The quantitative estimate of drug-likeness (QED) is 0.507. The summed E-state index contributed by atoms with van der Waals surface area (Å²) < 4.78 is 5.41. The maximum Gasteiger partial charge on any atom is 0.321 e. The lowest BCUT2D eigenvalue weighted by Crippen LogP contribution is -2.38. The van der Waals surface area contributed by atoms with E-state index in [4.69, 9.17) is 4.74 Å². The third-order valence-corrected chi connectivity index (χ3v) is 7.26. The highest BCUT2D eigenvalue weighted by Gasteiger charge is 2.24.